The lowest BCUT2D eigenvalue weighted by atomic mass is 10.0. The molecule has 37 heteroatoms. The maximum Gasteiger partial charge on any atom is 0.135 e. The van der Waals surface area contributed by atoms with E-state index in [1.807, 2.05) is 0 Å². The average Bonchev–Trinajstić information content (AvgIpc) is 2.98. The minimum absolute atomic E-state index is 0.675. The normalized spacial score (nSPS) is 33.8. The van der Waals surface area contributed by atoms with Crippen LogP contribution in [-0.2, 0) is 0 Å². The molecule has 1 aliphatic carbocycles. The molecule has 0 unspecified atom stereocenters. The molecule has 0 aliphatic heterocycles. The molecule has 0 bridgehead atoms. The van der Waals surface area contributed by atoms with E-state index in [1.54, 1.807) is 0 Å². The molecule has 0 N–H and O–H groups in total. The Balaban J connectivity index is 4.92. The van der Waals surface area contributed by atoms with Crippen molar-refractivity contribution in [3.8, 4) is 0 Å². The Morgan fingerprint density at radius 2 is 0.214 bits per heavy atom. The summed E-state index contributed by atoms with van der Waals surface area (Å²) in [5.74, 6) is 0. The van der Waals surface area contributed by atoms with Gasteiger partial charge in [-0.25, -0.2) is 0 Å². The van der Waals surface area contributed by atoms with Gasteiger partial charge in [-0.1, -0.05) is 589 Å². The molecule has 0 atom stereocenters. The quantitative estimate of drug-likeness (QED) is 0.212. The Kier molecular flexibility index (Phi) is 29.0. The van der Waals surface area contributed by atoms with Gasteiger partial charge in [-0.3, -0.25) is 0 Å². The third kappa shape index (κ3) is 10.8. The third-order valence-corrected chi connectivity index (χ3v) is 89.8. The largest absolute Gasteiger partial charge is 0.135 e. The van der Waals surface area contributed by atoms with Gasteiger partial charge >= 0.3 is 0 Å². The molecule has 0 aromatic heterocycles. The maximum absolute atomic E-state index is 4.05. The lowest BCUT2D eigenvalue weighted by Crippen LogP contribution is -2.73. The van der Waals surface area contributed by atoms with Crippen molar-refractivity contribution in [3.05, 3.63) is 0 Å². The second-order valence-electron chi connectivity index (χ2n) is 10.8. The monoisotopic (exact) mass is 3150 g/mol. The van der Waals surface area contributed by atoms with E-state index in [0.29, 0.717) is 0 Å². The van der Waals surface area contributed by atoms with Gasteiger partial charge in [-0.2, -0.15) is 0 Å². The van der Waals surface area contributed by atoms with E-state index in [4.69, 9.17) is 0 Å². The zero-order valence-electron chi connectivity index (χ0n) is 23.6. The minimum atomic E-state index is -1.34. The average molecular weight is 3190 g/mol. The molecule has 1 aliphatic rings. The molecule has 1 rings (SSSR count). The van der Waals surface area contributed by atoms with Gasteiger partial charge in [0.25, 0.3) is 0 Å². The number of hydrogen-bond donors (Lipinski definition) is 0. The predicted molar refractivity (Wildman–Crippen MR) is 383 cm³/mol. The molecule has 0 spiro atoms. The van der Waals surface area contributed by atoms with E-state index in [-0.39, 0.29) is 0 Å². The maximum atomic E-state index is 4.05. The first-order chi connectivity index (χ1) is 23.4. The zero-order valence-corrected chi connectivity index (χ0v) is 82.2. The van der Waals surface area contributed by atoms with Gasteiger partial charge in [0.2, 0.25) is 0 Å². The highest BCUT2D eigenvalue weighted by molar-refractivity contribution is 9.40. The summed E-state index contributed by atoms with van der Waals surface area (Å²) in [5, 5.41) is 0. The number of hydrogen-bond acceptors (Lipinski definition) is 0. The van der Waals surface area contributed by atoms with Gasteiger partial charge in [-0.05, 0) is 0 Å². The van der Waals surface area contributed by atoms with E-state index >= 15 is 0 Å². The summed E-state index contributed by atoms with van der Waals surface area (Å²) in [6, 6.07) is 0. The van der Waals surface area contributed by atoms with Crippen LogP contribution in [0.3, 0.4) is 0 Å². The van der Waals surface area contributed by atoms with Crippen LogP contribution in [0.2, 0.25) is 0 Å². The first-order valence-corrected chi connectivity index (χ1v) is 41.3. The molecule has 0 aromatic carbocycles. The highest BCUT2D eigenvalue weighted by Gasteiger charge is 2.85. The van der Waals surface area contributed by atoms with E-state index in [9.17, 15) is 0 Å². The topological polar surface area (TPSA) is 0 Å². The fourth-order valence-corrected chi connectivity index (χ4v) is 45.3. The second kappa shape index (κ2) is 22.6. The lowest BCUT2D eigenvalue weighted by Gasteiger charge is -2.62. The Hall–Kier alpha value is 17.8. The van der Waals surface area contributed by atoms with Crippen molar-refractivity contribution in [2.45, 2.75) is 63.0 Å². The van der Waals surface area contributed by atoms with Crippen LogP contribution in [0.1, 0.15) is 0 Å². The number of rotatable bonds is 0. The summed E-state index contributed by atoms with van der Waals surface area (Å²) in [4.78, 5) is -0.675. The van der Waals surface area contributed by atoms with Crippen molar-refractivity contribution in [3.63, 3.8) is 0 Å². The van der Waals surface area contributed by atoms with E-state index in [2.05, 4.69) is 589 Å². The standard InChI is InChI=1S/C19HBr37/c20-1-2(21,22)4(25,26)6(29,30)8(33,34)10(37,38)12(41,42)14(45,46)16(49,50)18(53,54)19(55,56)17(51,52)15(47,48)13(43,44)11(39,40)9(35,36)7(31,32)5(27,28)3(1,23)24/h1H. The van der Waals surface area contributed by atoms with Gasteiger partial charge in [0, 0.05) is 0 Å². The van der Waals surface area contributed by atoms with Gasteiger partial charge in [-0.15, -0.1) is 0 Å². The molecule has 0 radical (unpaired) electrons. The van der Waals surface area contributed by atoms with Gasteiger partial charge in [0.05, 0.1) is 4.83 Å². The smallest absolute Gasteiger partial charge is 0.0839 e. The van der Waals surface area contributed by atoms with Gasteiger partial charge in [0.1, 0.15) is 58.2 Å². The van der Waals surface area contributed by atoms with Crippen LogP contribution < -0.4 is 0 Å². The van der Waals surface area contributed by atoms with Crippen molar-refractivity contribution >= 4 is 589 Å². The van der Waals surface area contributed by atoms with Gasteiger partial charge in [0.15, 0.2) is 0 Å². The van der Waals surface area contributed by atoms with Crippen LogP contribution in [-0.4, -0.2) is 63.0 Å². The molecule has 0 amide bonds. The molecule has 1 saturated carbocycles. The van der Waals surface area contributed by atoms with Crippen molar-refractivity contribution in [2.75, 3.05) is 0 Å². The van der Waals surface area contributed by atoms with Crippen molar-refractivity contribution < 1.29 is 0 Å². The molecular formula is C19HBr37. The first-order valence-electron chi connectivity index (χ1n) is 11.8. The van der Waals surface area contributed by atoms with Crippen LogP contribution in [0, 0.1) is 0 Å². The first kappa shape index (κ1) is 71.8. The summed E-state index contributed by atoms with van der Waals surface area (Å²) in [6.45, 7) is 0. The Morgan fingerprint density at radius 3 is 0.304 bits per heavy atom. The molecule has 336 valence electrons. The summed E-state index contributed by atoms with van der Waals surface area (Å²) >= 11 is 150. The van der Waals surface area contributed by atoms with Crippen LogP contribution in [0.4, 0.5) is 0 Å². The fourth-order valence-electron chi connectivity index (χ4n) is 3.72. The molecule has 0 saturated heterocycles. The van der Waals surface area contributed by atoms with E-state index in [1.165, 1.54) is 0 Å². The third-order valence-electron chi connectivity index (χ3n) is 7.39. The highest BCUT2D eigenvalue weighted by atomic mass is 80.0. The summed E-state index contributed by atoms with van der Waals surface area (Å²) in [5.41, 5.74) is 0. The highest BCUT2D eigenvalue weighted by Crippen LogP contribution is 2.85. The van der Waals surface area contributed by atoms with E-state index in [0.717, 1.165) is 0 Å². The molecule has 0 aromatic rings. The van der Waals surface area contributed by atoms with Gasteiger partial charge < -0.3 is 0 Å². The van der Waals surface area contributed by atoms with Crippen LogP contribution in [0.15, 0.2) is 0 Å². The molecule has 0 heterocycles. The second-order valence-corrected chi connectivity index (χ2v) is 73.9. The fraction of sp³-hybridized carbons (Fsp3) is 1.00. The number of alkyl halides is 37. The minimum Gasteiger partial charge on any atom is -0.0839 e. The van der Waals surface area contributed by atoms with Crippen molar-refractivity contribution in [1.29, 1.82) is 0 Å². The Bertz CT molecular complexity index is 1380. The van der Waals surface area contributed by atoms with Crippen LogP contribution in [0.5, 0.6) is 0 Å². The predicted octanol–water partition coefficient (Wildman–Crippen LogP) is 27.5. The van der Waals surface area contributed by atoms with Crippen molar-refractivity contribution in [1.82, 2.24) is 0 Å². The summed E-state index contributed by atoms with van der Waals surface area (Å²) in [7, 11) is 0. The summed E-state index contributed by atoms with van der Waals surface area (Å²) < 4.78 is -23.4. The zero-order chi connectivity index (χ0) is 46.6. The van der Waals surface area contributed by atoms with Crippen LogP contribution in [0.25, 0.3) is 0 Å². The van der Waals surface area contributed by atoms with Crippen molar-refractivity contribution in [2.24, 2.45) is 0 Å². The van der Waals surface area contributed by atoms with Crippen LogP contribution >= 0.6 is 589 Å². The summed E-state index contributed by atoms with van der Waals surface area (Å²) in [6.07, 6.45) is 0. The SMILES string of the molecule is BrC1C(Br)(Br)C(Br)(Br)C(Br)(Br)C(Br)(Br)C(Br)(Br)C(Br)(Br)C(Br)(Br)C(Br)(Br)C(Br)(Br)C(Br)(Br)C(Br)(Br)C(Br)(Br)C(Br)(Br)C(Br)(Br)C(Br)(Br)C(Br)(Br)C(Br)(Br)C1(Br)Br. The molecule has 1 fully saturated rings. The molecular weight excluding hydrogens is 3180 g/mol. The molecule has 0 nitrogen and oxygen atoms in total. The van der Waals surface area contributed by atoms with E-state index < -0.39 is 63.0 Å². The Morgan fingerprint density at radius 1 is 0.143 bits per heavy atom. The lowest BCUT2D eigenvalue weighted by molar-refractivity contribution is 0.522. The Labute approximate surface area is 635 Å². The number of halogens is 37. The molecule has 56 heavy (non-hydrogen) atoms.